The van der Waals surface area contributed by atoms with E-state index in [-0.39, 0.29) is 5.97 Å². The number of nitrogens with one attached hydrogen (secondary N) is 1. The van der Waals surface area contributed by atoms with Crippen molar-refractivity contribution in [3.63, 3.8) is 0 Å². The number of esters is 1. The Kier molecular flexibility index (Phi) is 6.21. The number of ether oxygens (including phenoxy) is 2. The first-order valence-corrected chi connectivity index (χ1v) is 7.77. The molecule has 0 fully saturated rings. The summed E-state index contributed by atoms with van der Waals surface area (Å²) in [6.45, 7) is 4.29. The second kappa shape index (κ2) is 8.59. The molecule has 2 aromatic carbocycles. The summed E-state index contributed by atoms with van der Waals surface area (Å²) in [4.78, 5) is 11.6. The van der Waals surface area contributed by atoms with E-state index < -0.39 is 6.04 Å². The zero-order chi connectivity index (χ0) is 17.4. The minimum atomic E-state index is -0.412. The lowest BCUT2D eigenvalue weighted by Gasteiger charge is -2.14. The van der Waals surface area contributed by atoms with Crippen molar-refractivity contribution in [2.24, 2.45) is 0 Å². The zero-order valence-electron chi connectivity index (χ0n) is 13.8. The molecule has 1 unspecified atom stereocenters. The van der Waals surface area contributed by atoms with Gasteiger partial charge in [-0.2, -0.15) is 5.26 Å². The number of hydrogen-bond donors (Lipinski definition) is 1. The number of carbonyl (C=O) groups excluding carboxylic acids is 1. The fourth-order valence-corrected chi connectivity index (χ4v) is 2.12. The number of carbonyl (C=O) groups is 1. The summed E-state index contributed by atoms with van der Waals surface area (Å²) < 4.78 is 10.7. The highest BCUT2D eigenvalue weighted by molar-refractivity contribution is 5.78. The predicted molar refractivity (Wildman–Crippen MR) is 91.6 cm³/mol. The molecule has 24 heavy (non-hydrogen) atoms. The highest BCUT2D eigenvalue weighted by Crippen LogP contribution is 2.18. The normalized spacial score (nSPS) is 11.2. The van der Waals surface area contributed by atoms with Crippen molar-refractivity contribution < 1.29 is 14.3 Å². The van der Waals surface area contributed by atoms with Gasteiger partial charge in [0.25, 0.3) is 0 Å². The number of nitriles is 1. The fourth-order valence-electron chi connectivity index (χ4n) is 2.12. The molecule has 5 nitrogen and oxygen atoms in total. The minimum absolute atomic E-state index is 0.282. The molecule has 2 rings (SSSR count). The molecular formula is C19H20N2O3. The van der Waals surface area contributed by atoms with Crippen LogP contribution in [0.25, 0.3) is 0 Å². The fraction of sp³-hybridized carbons (Fsp3) is 0.263. The quantitative estimate of drug-likeness (QED) is 0.789. The van der Waals surface area contributed by atoms with Crippen molar-refractivity contribution >= 4 is 11.7 Å². The Morgan fingerprint density at radius 3 is 2.67 bits per heavy atom. The van der Waals surface area contributed by atoms with Gasteiger partial charge in [-0.3, -0.25) is 0 Å². The smallest absolute Gasteiger partial charge is 0.328 e. The molecule has 0 saturated carbocycles. The first-order valence-electron chi connectivity index (χ1n) is 7.77. The summed E-state index contributed by atoms with van der Waals surface area (Å²) in [7, 11) is 0. The van der Waals surface area contributed by atoms with Crippen molar-refractivity contribution in [3.05, 3.63) is 59.7 Å². The van der Waals surface area contributed by atoms with Gasteiger partial charge >= 0.3 is 5.97 Å². The standard InChI is InChI=1S/C19H20N2O3/c1-3-23-19(22)14(2)21-17-7-9-18(10-8-17)24-13-16-6-4-5-15(11-16)12-20/h4-11,14,21H,3,13H2,1-2H3. The van der Waals surface area contributed by atoms with Gasteiger partial charge < -0.3 is 14.8 Å². The number of benzene rings is 2. The third-order valence-corrected chi connectivity index (χ3v) is 3.34. The van der Waals surface area contributed by atoms with Crippen LogP contribution >= 0.6 is 0 Å². The van der Waals surface area contributed by atoms with Gasteiger partial charge in [-0.25, -0.2) is 4.79 Å². The largest absolute Gasteiger partial charge is 0.489 e. The van der Waals surface area contributed by atoms with Gasteiger partial charge in [0.2, 0.25) is 0 Å². The Balaban J connectivity index is 1.90. The van der Waals surface area contributed by atoms with E-state index >= 15 is 0 Å². The summed E-state index contributed by atoms with van der Waals surface area (Å²) in [5.41, 5.74) is 2.37. The number of nitrogens with zero attached hydrogens (tertiary/aromatic N) is 1. The van der Waals surface area contributed by atoms with E-state index in [0.717, 1.165) is 11.3 Å². The van der Waals surface area contributed by atoms with Crippen molar-refractivity contribution in [1.82, 2.24) is 0 Å². The molecule has 124 valence electrons. The van der Waals surface area contributed by atoms with Crippen LogP contribution in [0.2, 0.25) is 0 Å². The lowest BCUT2D eigenvalue weighted by molar-refractivity contribution is -0.143. The van der Waals surface area contributed by atoms with Crippen LogP contribution in [0.3, 0.4) is 0 Å². The van der Waals surface area contributed by atoms with Crippen molar-refractivity contribution in [2.75, 3.05) is 11.9 Å². The van der Waals surface area contributed by atoms with E-state index in [4.69, 9.17) is 14.7 Å². The first-order chi connectivity index (χ1) is 11.6. The summed E-state index contributed by atoms with van der Waals surface area (Å²) >= 11 is 0. The van der Waals surface area contributed by atoms with Crippen molar-refractivity contribution in [2.45, 2.75) is 26.5 Å². The maximum atomic E-state index is 11.6. The lowest BCUT2D eigenvalue weighted by Crippen LogP contribution is -2.28. The Morgan fingerprint density at radius 1 is 1.25 bits per heavy atom. The second-order valence-corrected chi connectivity index (χ2v) is 5.24. The van der Waals surface area contributed by atoms with E-state index in [0.29, 0.717) is 24.5 Å². The SMILES string of the molecule is CCOC(=O)C(C)Nc1ccc(OCc2cccc(C#N)c2)cc1. The lowest BCUT2D eigenvalue weighted by atomic mass is 10.1. The van der Waals surface area contributed by atoms with Crippen LogP contribution in [0.5, 0.6) is 5.75 Å². The molecule has 0 aliphatic rings. The average molecular weight is 324 g/mol. The molecule has 1 N–H and O–H groups in total. The van der Waals surface area contributed by atoms with Crippen LogP contribution in [0.1, 0.15) is 25.0 Å². The topological polar surface area (TPSA) is 71.3 Å². The summed E-state index contributed by atoms with van der Waals surface area (Å²) in [5.74, 6) is 0.432. The van der Waals surface area contributed by atoms with Gasteiger partial charge in [-0.15, -0.1) is 0 Å². The van der Waals surface area contributed by atoms with Crippen LogP contribution < -0.4 is 10.1 Å². The summed E-state index contributed by atoms with van der Waals surface area (Å²) in [6, 6.07) is 16.3. The van der Waals surface area contributed by atoms with E-state index in [1.54, 1.807) is 26.0 Å². The first kappa shape index (κ1) is 17.4. The second-order valence-electron chi connectivity index (χ2n) is 5.24. The highest BCUT2D eigenvalue weighted by atomic mass is 16.5. The summed E-state index contributed by atoms with van der Waals surface area (Å²) in [6.07, 6.45) is 0. The molecule has 0 amide bonds. The number of anilines is 1. The van der Waals surface area contributed by atoms with Crippen LogP contribution in [0.15, 0.2) is 48.5 Å². The van der Waals surface area contributed by atoms with Gasteiger partial charge in [0.05, 0.1) is 18.2 Å². The molecular weight excluding hydrogens is 304 g/mol. The molecule has 1 atom stereocenters. The molecule has 0 bridgehead atoms. The van der Waals surface area contributed by atoms with Crippen LogP contribution in [0.4, 0.5) is 5.69 Å². The number of rotatable bonds is 7. The minimum Gasteiger partial charge on any atom is -0.489 e. The monoisotopic (exact) mass is 324 g/mol. The Hall–Kier alpha value is -3.00. The van der Waals surface area contributed by atoms with Crippen LogP contribution in [0, 0.1) is 11.3 Å². The van der Waals surface area contributed by atoms with Gasteiger partial charge in [0.15, 0.2) is 0 Å². The van der Waals surface area contributed by atoms with Crippen LogP contribution in [-0.4, -0.2) is 18.6 Å². The summed E-state index contributed by atoms with van der Waals surface area (Å²) in [5, 5.41) is 12.0. The molecule has 0 heterocycles. The predicted octanol–water partition coefficient (Wildman–Crippen LogP) is 3.50. The van der Waals surface area contributed by atoms with E-state index in [1.807, 2.05) is 36.4 Å². The highest BCUT2D eigenvalue weighted by Gasteiger charge is 2.13. The van der Waals surface area contributed by atoms with Crippen molar-refractivity contribution in [1.29, 1.82) is 5.26 Å². The van der Waals surface area contributed by atoms with E-state index in [2.05, 4.69) is 11.4 Å². The molecule has 2 aromatic rings. The van der Waals surface area contributed by atoms with E-state index in [1.165, 1.54) is 0 Å². The van der Waals surface area contributed by atoms with Gasteiger partial charge in [0, 0.05) is 5.69 Å². The maximum Gasteiger partial charge on any atom is 0.328 e. The third kappa shape index (κ3) is 5.03. The Labute approximate surface area is 141 Å². The zero-order valence-corrected chi connectivity index (χ0v) is 13.8. The van der Waals surface area contributed by atoms with Gasteiger partial charge in [-0.1, -0.05) is 12.1 Å². The third-order valence-electron chi connectivity index (χ3n) is 3.34. The molecule has 0 aromatic heterocycles. The molecule has 0 aliphatic heterocycles. The molecule has 0 spiro atoms. The van der Waals surface area contributed by atoms with Gasteiger partial charge in [0.1, 0.15) is 18.4 Å². The molecule has 0 radical (unpaired) electrons. The van der Waals surface area contributed by atoms with Gasteiger partial charge in [-0.05, 0) is 55.8 Å². The molecule has 0 saturated heterocycles. The maximum absolute atomic E-state index is 11.6. The number of hydrogen-bond acceptors (Lipinski definition) is 5. The van der Waals surface area contributed by atoms with Crippen molar-refractivity contribution in [3.8, 4) is 11.8 Å². The Morgan fingerprint density at radius 2 is 2.00 bits per heavy atom. The Bertz CT molecular complexity index is 720. The molecule has 0 aliphatic carbocycles. The average Bonchev–Trinajstić information content (AvgIpc) is 2.61. The van der Waals surface area contributed by atoms with E-state index in [9.17, 15) is 4.79 Å². The molecule has 5 heteroatoms. The van der Waals surface area contributed by atoms with Crippen LogP contribution in [-0.2, 0) is 16.1 Å².